The van der Waals surface area contributed by atoms with Gasteiger partial charge in [-0.05, 0) is 30.4 Å². The third-order valence-corrected chi connectivity index (χ3v) is 4.23. The fraction of sp³-hybridized carbons (Fsp3) is 0.353. The molecule has 0 spiro atoms. The molecule has 3 amide bonds. The van der Waals surface area contributed by atoms with E-state index in [1.165, 1.54) is 0 Å². The molecule has 2 aliphatic heterocycles. The van der Waals surface area contributed by atoms with Crippen LogP contribution < -0.4 is 5.32 Å². The second-order valence-electron chi connectivity index (χ2n) is 6.05. The summed E-state index contributed by atoms with van der Waals surface area (Å²) in [4.78, 5) is 38.6. The molecule has 0 saturated carbocycles. The maximum atomic E-state index is 12.8. The third kappa shape index (κ3) is 2.04. The number of nitrogens with zero attached hydrogens (tertiary/aromatic N) is 1. The Morgan fingerprint density at radius 2 is 1.95 bits per heavy atom. The van der Waals surface area contributed by atoms with E-state index in [4.69, 9.17) is 0 Å². The Bertz CT molecular complexity index is 706. The van der Waals surface area contributed by atoms with Crippen LogP contribution in [0.3, 0.4) is 0 Å². The summed E-state index contributed by atoms with van der Waals surface area (Å²) in [5.74, 6) is -0.949. The molecular weight excluding hydrogens is 280 g/mol. The fourth-order valence-corrected chi connectivity index (χ4v) is 3.10. The molecule has 1 aromatic rings. The number of nitrogens with one attached hydrogen (secondary N) is 1. The van der Waals surface area contributed by atoms with Gasteiger partial charge in [-0.3, -0.25) is 19.3 Å². The smallest absolute Gasteiger partial charge is 0.262 e. The van der Waals surface area contributed by atoms with Gasteiger partial charge in [0.15, 0.2) is 0 Å². The molecular formula is C17H18N2O3. The van der Waals surface area contributed by atoms with Crippen molar-refractivity contribution in [3.63, 3.8) is 0 Å². The van der Waals surface area contributed by atoms with Crippen molar-refractivity contribution in [1.29, 1.82) is 0 Å². The minimum atomic E-state index is -0.752. The molecule has 114 valence electrons. The molecule has 5 nitrogen and oxygen atoms in total. The summed E-state index contributed by atoms with van der Waals surface area (Å²) in [6, 6.07) is 4.55. The molecule has 2 heterocycles. The monoisotopic (exact) mass is 298 g/mol. The van der Waals surface area contributed by atoms with Gasteiger partial charge in [-0.2, -0.15) is 0 Å². The molecule has 5 heteroatoms. The number of rotatable bonds is 2. The minimum absolute atomic E-state index is 0.131. The number of hydrogen-bond acceptors (Lipinski definition) is 3. The molecule has 1 unspecified atom stereocenters. The zero-order valence-corrected chi connectivity index (χ0v) is 12.7. The number of hydrogen-bond donors (Lipinski definition) is 1. The molecule has 1 atom stereocenters. The second kappa shape index (κ2) is 5.09. The predicted octanol–water partition coefficient (Wildman–Crippen LogP) is 2.20. The van der Waals surface area contributed by atoms with Gasteiger partial charge in [0.05, 0.1) is 11.1 Å². The van der Waals surface area contributed by atoms with Gasteiger partial charge in [0.1, 0.15) is 6.04 Å². The highest BCUT2D eigenvalue weighted by molar-refractivity contribution is 6.23. The summed E-state index contributed by atoms with van der Waals surface area (Å²) in [6.07, 6.45) is 0.994. The van der Waals surface area contributed by atoms with E-state index in [-0.39, 0.29) is 23.6 Å². The van der Waals surface area contributed by atoms with E-state index in [1.807, 2.05) is 19.9 Å². The minimum Gasteiger partial charge on any atom is -0.329 e. The number of imide groups is 1. The van der Waals surface area contributed by atoms with Crippen LogP contribution in [-0.4, -0.2) is 28.7 Å². The van der Waals surface area contributed by atoms with Crippen LogP contribution in [0.4, 0.5) is 0 Å². The number of allylic oxidation sites excluding steroid dienone is 1. The zero-order chi connectivity index (χ0) is 16.0. The number of fused-ring (bicyclic) bond motifs is 1. The van der Waals surface area contributed by atoms with Crippen LogP contribution in [0.15, 0.2) is 30.5 Å². The maximum absolute atomic E-state index is 12.8. The van der Waals surface area contributed by atoms with Crippen LogP contribution in [0.25, 0.3) is 0 Å². The summed E-state index contributed by atoms with van der Waals surface area (Å²) in [7, 11) is 0. The summed E-state index contributed by atoms with van der Waals surface area (Å²) in [5, 5.41) is 2.63. The van der Waals surface area contributed by atoms with Crippen molar-refractivity contribution < 1.29 is 14.4 Å². The van der Waals surface area contributed by atoms with Crippen LogP contribution >= 0.6 is 0 Å². The number of benzene rings is 1. The summed E-state index contributed by atoms with van der Waals surface area (Å²) in [6.45, 7) is 7.68. The lowest BCUT2D eigenvalue weighted by Gasteiger charge is -2.29. The number of carbonyl (C=O) groups excluding carboxylic acids is 3. The van der Waals surface area contributed by atoms with Crippen molar-refractivity contribution in [2.75, 3.05) is 0 Å². The largest absolute Gasteiger partial charge is 0.329 e. The number of amides is 3. The van der Waals surface area contributed by atoms with Gasteiger partial charge in [0, 0.05) is 5.70 Å². The molecule has 2 aliphatic rings. The van der Waals surface area contributed by atoms with Gasteiger partial charge in [-0.15, -0.1) is 0 Å². The standard InChI is InChI=1S/C17H18N2O3/c1-9(2)11-5-4-6-12-14(11)17(22)19(16(12)21)13-8-7-10(3)18-15(13)20/h4-6,9,13H,3,7-8H2,1-2H3,(H,18,20). The van der Waals surface area contributed by atoms with Gasteiger partial charge in [0.2, 0.25) is 5.91 Å². The van der Waals surface area contributed by atoms with Crippen molar-refractivity contribution in [3.8, 4) is 0 Å². The van der Waals surface area contributed by atoms with Crippen LogP contribution in [0.5, 0.6) is 0 Å². The van der Waals surface area contributed by atoms with Crippen LogP contribution in [0.2, 0.25) is 0 Å². The molecule has 0 aliphatic carbocycles. The van der Waals surface area contributed by atoms with Gasteiger partial charge < -0.3 is 5.32 Å². The quantitative estimate of drug-likeness (QED) is 0.851. The van der Waals surface area contributed by atoms with Crippen molar-refractivity contribution in [3.05, 3.63) is 47.2 Å². The van der Waals surface area contributed by atoms with Crippen LogP contribution in [0, 0.1) is 0 Å². The van der Waals surface area contributed by atoms with Crippen LogP contribution in [-0.2, 0) is 4.79 Å². The average Bonchev–Trinajstić information content (AvgIpc) is 2.72. The van der Waals surface area contributed by atoms with Gasteiger partial charge in [0.25, 0.3) is 11.8 Å². The summed E-state index contributed by atoms with van der Waals surface area (Å²) < 4.78 is 0. The highest BCUT2D eigenvalue weighted by atomic mass is 16.2. The predicted molar refractivity (Wildman–Crippen MR) is 81.3 cm³/mol. The molecule has 0 radical (unpaired) electrons. The Labute approximate surface area is 129 Å². The first-order chi connectivity index (χ1) is 10.4. The molecule has 1 aromatic carbocycles. The van der Waals surface area contributed by atoms with Crippen LogP contribution in [0.1, 0.15) is 58.9 Å². The average molecular weight is 298 g/mol. The van der Waals surface area contributed by atoms with Gasteiger partial charge in [-0.1, -0.05) is 32.6 Å². The van der Waals surface area contributed by atoms with E-state index in [2.05, 4.69) is 11.9 Å². The SMILES string of the molecule is C=C1CCC(N2C(=O)c3cccc(C(C)C)c3C2=O)C(=O)N1. The van der Waals surface area contributed by atoms with E-state index in [0.29, 0.717) is 29.7 Å². The fourth-order valence-electron chi connectivity index (χ4n) is 3.10. The highest BCUT2D eigenvalue weighted by Crippen LogP contribution is 2.33. The molecule has 0 aromatic heterocycles. The van der Waals surface area contributed by atoms with E-state index in [0.717, 1.165) is 10.5 Å². The molecule has 1 N–H and O–H groups in total. The first-order valence-electron chi connectivity index (χ1n) is 7.41. The third-order valence-electron chi connectivity index (χ3n) is 4.23. The van der Waals surface area contributed by atoms with E-state index >= 15 is 0 Å². The molecule has 3 rings (SSSR count). The molecule has 1 saturated heterocycles. The molecule has 0 bridgehead atoms. The Morgan fingerprint density at radius 1 is 1.23 bits per heavy atom. The Hall–Kier alpha value is -2.43. The summed E-state index contributed by atoms with van der Waals surface area (Å²) >= 11 is 0. The van der Waals surface area contributed by atoms with Crippen molar-refractivity contribution in [2.45, 2.75) is 38.6 Å². The van der Waals surface area contributed by atoms with Crippen molar-refractivity contribution >= 4 is 17.7 Å². The summed E-state index contributed by atoms with van der Waals surface area (Å²) in [5.41, 5.74) is 2.31. The zero-order valence-electron chi connectivity index (χ0n) is 12.7. The van der Waals surface area contributed by atoms with E-state index in [9.17, 15) is 14.4 Å². The Balaban J connectivity index is 2.02. The van der Waals surface area contributed by atoms with Gasteiger partial charge >= 0.3 is 0 Å². The topological polar surface area (TPSA) is 66.5 Å². The normalized spacial score (nSPS) is 21.4. The number of piperidine rings is 1. The lowest BCUT2D eigenvalue weighted by atomic mass is 9.94. The lowest BCUT2D eigenvalue weighted by Crippen LogP contribution is -2.51. The molecule has 1 fully saturated rings. The van der Waals surface area contributed by atoms with Crippen molar-refractivity contribution in [1.82, 2.24) is 10.2 Å². The lowest BCUT2D eigenvalue weighted by molar-refractivity contribution is -0.125. The first kappa shape index (κ1) is 14.5. The van der Waals surface area contributed by atoms with E-state index < -0.39 is 6.04 Å². The van der Waals surface area contributed by atoms with Crippen molar-refractivity contribution in [2.24, 2.45) is 0 Å². The maximum Gasteiger partial charge on any atom is 0.262 e. The second-order valence-corrected chi connectivity index (χ2v) is 6.05. The Kier molecular flexibility index (Phi) is 3.35. The van der Waals surface area contributed by atoms with Gasteiger partial charge in [-0.25, -0.2) is 0 Å². The highest BCUT2D eigenvalue weighted by Gasteiger charge is 2.44. The Morgan fingerprint density at radius 3 is 2.59 bits per heavy atom. The number of carbonyl (C=O) groups is 3. The first-order valence-corrected chi connectivity index (χ1v) is 7.41. The van der Waals surface area contributed by atoms with E-state index in [1.54, 1.807) is 12.1 Å². The molecule has 22 heavy (non-hydrogen) atoms.